The number of halogens is 3. The van der Waals surface area contributed by atoms with Crippen LogP contribution >= 0.6 is 23.2 Å². The lowest BCUT2D eigenvalue weighted by Crippen LogP contribution is -2.04. The van der Waals surface area contributed by atoms with Crippen LogP contribution in [0, 0.1) is 5.82 Å². The Morgan fingerprint density at radius 1 is 1.40 bits per heavy atom. The Morgan fingerprint density at radius 2 is 2.15 bits per heavy atom. The van der Waals surface area contributed by atoms with Gasteiger partial charge in [-0.2, -0.15) is 5.10 Å². The number of aryl methyl sites for hydroxylation is 2. The number of nitrogens with zero attached hydrogens (tertiary/aromatic N) is 2. The van der Waals surface area contributed by atoms with E-state index in [9.17, 15) is 4.39 Å². The first-order chi connectivity index (χ1) is 9.56. The van der Waals surface area contributed by atoms with Gasteiger partial charge in [-0.25, -0.2) is 4.39 Å². The van der Waals surface area contributed by atoms with E-state index in [-0.39, 0.29) is 18.3 Å². The van der Waals surface area contributed by atoms with E-state index in [1.807, 2.05) is 14.0 Å². The summed E-state index contributed by atoms with van der Waals surface area (Å²) in [4.78, 5) is 0. The number of benzene rings is 1. The van der Waals surface area contributed by atoms with Crippen LogP contribution in [0.5, 0.6) is 5.75 Å². The molecule has 1 heterocycles. The van der Waals surface area contributed by atoms with Crippen LogP contribution in [0.25, 0.3) is 0 Å². The summed E-state index contributed by atoms with van der Waals surface area (Å²) in [6.07, 6.45) is 0.760. The standard InChI is InChI=1S/C14H15Cl2FN2O/c1-3-11-14(16)12(19(2)18-11)8-20-13-5-4-10(17)6-9(13)7-15/h4-6H,3,7-8H2,1-2H3. The molecule has 0 spiro atoms. The lowest BCUT2D eigenvalue weighted by atomic mass is 10.2. The minimum absolute atomic E-state index is 0.187. The number of alkyl halides is 1. The van der Waals surface area contributed by atoms with E-state index in [1.165, 1.54) is 12.1 Å². The van der Waals surface area contributed by atoms with Crippen LogP contribution in [0.2, 0.25) is 5.02 Å². The third kappa shape index (κ3) is 3.07. The molecule has 0 aliphatic rings. The minimum Gasteiger partial charge on any atom is -0.487 e. The monoisotopic (exact) mass is 316 g/mol. The molecule has 0 fully saturated rings. The summed E-state index contributed by atoms with van der Waals surface area (Å²) in [6.45, 7) is 2.25. The van der Waals surface area contributed by atoms with Crippen LogP contribution in [0.1, 0.15) is 23.9 Å². The summed E-state index contributed by atoms with van der Waals surface area (Å²) in [5, 5.41) is 4.93. The Hall–Kier alpha value is -1.26. The quantitative estimate of drug-likeness (QED) is 0.777. The van der Waals surface area contributed by atoms with Gasteiger partial charge in [0.25, 0.3) is 0 Å². The molecule has 0 atom stereocenters. The lowest BCUT2D eigenvalue weighted by molar-refractivity contribution is 0.292. The first kappa shape index (κ1) is 15.1. The predicted octanol–water partition coefficient (Wildman–Crippen LogP) is 4.09. The normalized spacial score (nSPS) is 10.8. The summed E-state index contributed by atoms with van der Waals surface area (Å²) < 4.78 is 20.5. The van der Waals surface area contributed by atoms with Gasteiger partial charge >= 0.3 is 0 Å². The third-order valence-corrected chi connectivity index (χ3v) is 3.76. The lowest BCUT2D eigenvalue weighted by Gasteiger charge is -2.10. The van der Waals surface area contributed by atoms with E-state index in [1.54, 1.807) is 10.7 Å². The second-order valence-corrected chi connectivity index (χ2v) is 5.00. The van der Waals surface area contributed by atoms with Crippen molar-refractivity contribution in [2.45, 2.75) is 25.8 Å². The second-order valence-electron chi connectivity index (χ2n) is 4.36. The number of hydrogen-bond acceptors (Lipinski definition) is 2. The van der Waals surface area contributed by atoms with Gasteiger partial charge in [0.1, 0.15) is 18.2 Å². The fraction of sp³-hybridized carbons (Fsp3) is 0.357. The van der Waals surface area contributed by atoms with Gasteiger partial charge in [0.2, 0.25) is 0 Å². The second kappa shape index (κ2) is 6.46. The van der Waals surface area contributed by atoms with Gasteiger partial charge in [-0.05, 0) is 24.6 Å². The molecule has 0 saturated carbocycles. The van der Waals surface area contributed by atoms with Crippen molar-refractivity contribution in [3.05, 3.63) is 46.0 Å². The number of hydrogen-bond donors (Lipinski definition) is 0. The van der Waals surface area contributed by atoms with Crippen LogP contribution in [-0.2, 0) is 26.0 Å². The van der Waals surface area contributed by atoms with Crippen molar-refractivity contribution in [3.8, 4) is 5.75 Å². The topological polar surface area (TPSA) is 27.1 Å². The van der Waals surface area contributed by atoms with Gasteiger partial charge in [-0.15, -0.1) is 11.6 Å². The fourth-order valence-electron chi connectivity index (χ4n) is 1.92. The molecule has 1 aromatic heterocycles. The summed E-state index contributed by atoms with van der Waals surface area (Å²) in [6, 6.07) is 4.27. The highest BCUT2D eigenvalue weighted by Crippen LogP contribution is 2.25. The van der Waals surface area contributed by atoms with Crippen molar-refractivity contribution in [3.63, 3.8) is 0 Å². The van der Waals surface area contributed by atoms with Gasteiger partial charge in [0.05, 0.1) is 22.3 Å². The van der Waals surface area contributed by atoms with Gasteiger partial charge < -0.3 is 4.74 Å². The molecule has 2 rings (SSSR count). The van der Waals surface area contributed by atoms with E-state index in [0.29, 0.717) is 16.3 Å². The largest absolute Gasteiger partial charge is 0.487 e. The SMILES string of the molecule is CCc1nn(C)c(COc2ccc(F)cc2CCl)c1Cl. The molecule has 108 valence electrons. The Bertz CT molecular complexity index is 613. The highest BCUT2D eigenvalue weighted by atomic mass is 35.5. The Kier molecular flexibility index (Phi) is 4.89. The smallest absolute Gasteiger partial charge is 0.131 e. The number of aromatic nitrogens is 2. The molecule has 0 bridgehead atoms. The zero-order chi connectivity index (χ0) is 14.7. The van der Waals surface area contributed by atoms with Crippen LogP contribution in [-0.4, -0.2) is 9.78 Å². The molecule has 2 aromatic rings. The first-order valence-electron chi connectivity index (χ1n) is 6.24. The summed E-state index contributed by atoms with van der Waals surface area (Å²) in [7, 11) is 1.82. The van der Waals surface area contributed by atoms with E-state index in [4.69, 9.17) is 27.9 Å². The number of rotatable bonds is 5. The maximum absolute atomic E-state index is 13.1. The van der Waals surface area contributed by atoms with Crippen LogP contribution in [0.3, 0.4) is 0 Å². The van der Waals surface area contributed by atoms with Gasteiger partial charge in [0, 0.05) is 12.6 Å². The maximum Gasteiger partial charge on any atom is 0.131 e. The molecule has 6 heteroatoms. The van der Waals surface area contributed by atoms with Gasteiger partial charge in [-0.1, -0.05) is 18.5 Å². The highest BCUT2D eigenvalue weighted by molar-refractivity contribution is 6.31. The molecular formula is C14H15Cl2FN2O. The molecular weight excluding hydrogens is 302 g/mol. The van der Waals surface area contributed by atoms with E-state index in [2.05, 4.69) is 5.10 Å². The predicted molar refractivity (Wildman–Crippen MR) is 77.9 cm³/mol. The van der Waals surface area contributed by atoms with Crippen LogP contribution in [0.15, 0.2) is 18.2 Å². The average molecular weight is 317 g/mol. The molecule has 3 nitrogen and oxygen atoms in total. The minimum atomic E-state index is -0.333. The zero-order valence-corrected chi connectivity index (χ0v) is 12.8. The van der Waals surface area contributed by atoms with Gasteiger partial charge in [-0.3, -0.25) is 4.68 Å². The van der Waals surface area contributed by atoms with Crippen molar-refractivity contribution >= 4 is 23.2 Å². The fourth-order valence-corrected chi connectivity index (χ4v) is 2.47. The average Bonchev–Trinajstić information content (AvgIpc) is 2.72. The Morgan fingerprint density at radius 3 is 2.75 bits per heavy atom. The molecule has 1 aromatic carbocycles. The van der Waals surface area contributed by atoms with E-state index in [0.717, 1.165) is 17.8 Å². The summed E-state index contributed by atoms with van der Waals surface area (Å²) >= 11 is 12.0. The molecule has 20 heavy (non-hydrogen) atoms. The van der Waals surface area contributed by atoms with Crippen LogP contribution in [0.4, 0.5) is 4.39 Å². The molecule has 0 N–H and O–H groups in total. The molecule has 0 aliphatic heterocycles. The van der Waals surface area contributed by atoms with Crippen LogP contribution < -0.4 is 4.74 Å². The van der Waals surface area contributed by atoms with Crippen molar-refractivity contribution in [1.29, 1.82) is 0 Å². The molecule has 0 unspecified atom stereocenters. The van der Waals surface area contributed by atoms with Crippen molar-refractivity contribution in [1.82, 2.24) is 9.78 Å². The van der Waals surface area contributed by atoms with E-state index >= 15 is 0 Å². The molecule has 0 radical (unpaired) electrons. The highest BCUT2D eigenvalue weighted by Gasteiger charge is 2.14. The molecule has 0 amide bonds. The van der Waals surface area contributed by atoms with E-state index < -0.39 is 0 Å². The van der Waals surface area contributed by atoms with Crippen molar-refractivity contribution in [2.75, 3.05) is 0 Å². The Labute approximate surface area is 127 Å². The summed E-state index contributed by atoms with van der Waals surface area (Å²) in [5.41, 5.74) is 2.23. The van der Waals surface area contributed by atoms with Gasteiger partial charge in [0.15, 0.2) is 0 Å². The molecule has 0 saturated heterocycles. The zero-order valence-electron chi connectivity index (χ0n) is 11.3. The van der Waals surface area contributed by atoms with Crippen molar-refractivity contribution in [2.24, 2.45) is 7.05 Å². The first-order valence-corrected chi connectivity index (χ1v) is 7.15. The third-order valence-electron chi connectivity index (χ3n) is 3.03. The number of ether oxygens (including phenoxy) is 1. The summed E-state index contributed by atoms with van der Waals surface area (Å²) in [5.74, 6) is 0.406. The molecule has 0 aliphatic carbocycles. The maximum atomic E-state index is 13.1. The Balaban J connectivity index is 2.19. The van der Waals surface area contributed by atoms with Crippen molar-refractivity contribution < 1.29 is 9.13 Å².